The van der Waals surface area contributed by atoms with Crippen molar-refractivity contribution in [1.29, 1.82) is 0 Å². The van der Waals surface area contributed by atoms with Crippen LogP contribution in [0.4, 0.5) is 4.79 Å². The molecule has 0 aromatic heterocycles. The van der Waals surface area contributed by atoms with Gasteiger partial charge in [-0.3, -0.25) is 4.90 Å². The number of aldehydes is 1. The Morgan fingerprint density at radius 1 is 1.28 bits per heavy atom. The highest BCUT2D eigenvalue weighted by Crippen LogP contribution is 2.26. The largest absolute Gasteiger partial charge is 0.467 e. The molecule has 6 heteroatoms. The first-order chi connectivity index (χ1) is 8.30. The van der Waals surface area contributed by atoms with Gasteiger partial charge in [-0.1, -0.05) is 0 Å². The predicted octanol–water partition coefficient (Wildman–Crippen LogP) is 1.13. The van der Waals surface area contributed by atoms with Gasteiger partial charge in [-0.05, 0) is 33.6 Å². The number of hydrogen-bond acceptors (Lipinski definition) is 5. The third-order valence-corrected chi connectivity index (χ3v) is 2.66. The smallest absolute Gasteiger partial charge is 0.411 e. The van der Waals surface area contributed by atoms with Crippen molar-refractivity contribution in [3.63, 3.8) is 0 Å². The van der Waals surface area contributed by atoms with Gasteiger partial charge in [0.25, 0.3) is 0 Å². The molecule has 0 spiro atoms. The highest BCUT2D eigenvalue weighted by Gasteiger charge is 2.43. The fourth-order valence-electron chi connectivity index (χ4n) is 1.92. The summed E-state index contributed by atoms with van der Waals surface area (Å²) < 4.78 is 9.83. The number of carbonyl (C=O) groups is 3. The zero-order chi connectivity index (χ0) is 13.9. The zero-order valence-corrected chi connectivity index (χ0v) is 11.1. The highest BCUT2D eigenvalue weighted by molar-refractivity contribution is 5.85. The van der Waals surface area contributed by atoms with E-state index in [9.17, 15) is 14.4 Å². The van der Waals surface area contributed by atoms with Gasteiger partial charge >= 0.3 is 12.1 Å². The lowest BCUT2D eigenvalue weighted by Gasteiger charge is -2.29. The van der Waals surface area contributed by atoms with Crippen LogP contribution in [0.15, 0.2) is 0 Å². The lowest BCUT2D eigenvalue weighted by Crippen LogP contribution is -2.48. The van der Waals surface area contributed by atoms with Crippen LogP contribution < -0.4 is 0 Å². The van der Waals surface area contributed by atoms with Crippen LogP contribution in [-0.2, 0) is 19.1 Å². The lowest BCUT2D eigenvalue weighted by atomic mass is 10.2. The summed E-state index contributed by atoms with van der Waals surface area (Å²) in [5, 5.41) is 0. The molecule has 1 amide bonds. The Morgan fingerprint density at radius 3 is 2.33 bits per heavy atom. The Labute approximate surface area is 106 Å². The van der Waals surface area contributed by atoms with Crippen molar-refractivity contribution in [2.24, 2.45) is 0 Å². The minimum absolute atomic E-state index is 0.412. The van der Waals surface area contributed by atoms with Gasteiger partial charge in [-0.2, -0.15) is 0 Å². The number of esters is 1. The van der Waals surface area contributed by atoms with Crippen LogP contribution in [0.3, 0.4) is 0 Å². The van der Waals surface area contributed by atoms with Gasteiger partial charge in [0, 0.05) is 0 Å². The SMILES string of the molecule is COC(=O)C1CCC(C=O)N1C(=O)OC(C)(C)C. The van der Waals surface area contributed by atoms with Crippen LogP contribution in [0.5, 0.6) is 0 Å². The van der Waals surface area contributed by atoms with Gasteiger partial charge in [0.15, 0.2) is 0 Å². The van der Waals surface area contributed by atoms with Crippen LogP contribution in [0.2, 0.25) is 0 Å². The van der Waals surface area contributed by atoms with Crippen molar-refractivity contribution in [1.82, 2.24) is 4.90 Å². The standard InChI is InChI=1S/C12H19NO5/c1-12(2,3)18-11(16)13-8(7-14)5-6-9(13)10(15)17-4/h7-9H,5-6H2,1-4H3. The van der Waals surface area contributed by atoms with E-state index in [-0.39, 0.29) is 0 Å². The highest BCUT2D eigenvalue weighted by atomic mass is 16.6. The van der Waals surface area contributed by atoms with E-state index in [0.29, 0.717) is 19.1 Å². The molecule has 6 nitrogen and oxygen atoms in total. The minimum atomic E-state index is -0.736. The molecule has 0 aromatic rings. The molecule has 1 fully saturated rings. The van der Waals surface area contributed by atoms with E-state index in [2.05, 4.69) is 4.74 Å². The second kappa shape index (κ2) is 5.37. The first-order valence-corrected chi connectivity index (χ1v) is 5.84. The average Bonchev–Trinajstić information content (AvgIpc) is 2.69. The second-order valence-corrected chi connectivity index (χ2v) is 5.21. The number of nitrogens with zero attached hydrogens (tertiary/aromatic N) is 1. The first kappa shape index (κ1) is 14.5. The molecule has 2 unspecified atom stereocenters. The van der Waals surface area contributed by atoms with E-state index < -0.39 is 29.7 Å². The lowest BCUT2D eigenvalue weighted by molar-refractivity contribution is -0.146. The van der Waals surface area contributed by atoms with Gasteiger partial charge in [-0.15, -0.1) is 0 Å². The average molecular weight is 257 g/mol. The number of amides is 1. The number of hydrogen-bond donors (Lipinski definition) is 0. The number of ether oxygens (including phenoxy) is 2. The summed E-state index contributed by atoms with van der Waals surface area (Å²) in [4.78, 5) is 35.7. The maximum absolute atomic E-state index is 12.0. The van der Waals surface area contributed by atoms with Crippen LogP contribution in [0.1, 0.15) is 33.6 Å². The molecular formula is C12H19NO5. The summed E-state index contributed by atoms with van der Waals surface area (Å²) in [5.74, 6) is -0.523. The van der Waals surface area contributed by atoms with E-state index in [1.54, 1.807) is 20.8 Å². The van der Waals surface area contributed by atoms with Crippen molar-refractivity contribution >= 4 is 18.3 Å². The Balaban J connectivity index is 2.87. The minimum Gasteiger partial charge on any atom is -0.467 e. The van der Waals surface area contributed by atoms with Crippen molar-refractivity contribution < 1.29 is 23.9 Å². The predicted molar refractivity (Wildman–Crippen MR) is 63.0 cm³/mol. The number of carbonyl (C=O) groups excluding carboxylic acids is 3. The monoisotopic (exact) mass is 257 g/mol. The van der Waals surface area contributed by atoms with E-state index in [1.807, 2.05) is 0 Å². The van der Waals surface area contributed by atoms with Gasteiger partial charge in [0.05, 0.1) is 13.2 Å². The van der Waals surface area contributed by atoms with Crippen LogP contribution in [0.25, 0.3) is 0 Å². The molecule has 18 heavy (non-hydrogen) atoms. The van der Waals surface area contributed by atoms with Gasteiger partial charge < -0.3 is 14.3 Å². The molecule has 0 radical (unpaired) electrons. The summed E-state index contributed by atoms with van der Waals surface area (Å²) in [6.45, 7) is 5.18. The van der Waals surface area contributed by atoms with E-state index in [0.717, 1.165) is 0 Å². The fourth-order valence-corrected chi connectivity index (χ4v) is 1.92. The molecule has 1 aliphatic rings. The van der Waals surface area contributed by atoms with Crippen LogP contribution in [0, 0.1) is 0 Å². The quantitative estimate of drug-likeness (QED) is 0.547. The molecule has 1 saturated heterocycles. The summed E-state index contributed by atoms with van der Waals surface area (Å²) in [5.41, 5.74) is -0.673. The Hall–Kier alpha value is -1.59. The number of likely N-dealkylation sites (tertiary alicyclic amines) is 1. The molecule has 0 saturated carbocycles. The van der Waals surface area contributed by atoms with Gasteiger partial charge in [-0.25, -0.2) is 9.59 Å². The Bertz CT molecular complexity index is 347. The summed E-state index contributed by atoms with van der Waals surface area (Å²) in [7, 11) is 1.25. The molecular weight excluding hydrogens is 238 g/mol. The topological polar surface area (TPSA) is 72.9 Å². The molecule has 0 N–H and O–H groups in total. The van der Waals surface area contributed by atoms with E-state index in [4.69, 9.17) is 4.74 Å². The third-order valence-electron chi connectivity index (χ3n) is 2.66. The third kappa shape index (κ3) is 3.21. The van der Waals surface area contributed by atoms with Crippen LogP contribution >= 0.6 is 0 Å². The van der Waals surface area contributed by atoms with Crippen molar-refractivity contribution in [3.05, 3.63) is 0 Å². The number of methoxy groups -OCH3 is 1. The Morgan fingerprint density at radius 2 is 1.89 bits per heavy atom. The fraction of sp³-hybridized carbons (Fsp3) is 0.750. The first-order valence-electron chi connectivity index (χ1n) is 5.84. The van der Waals surface area contributed by atoms with Gasteiger partial charge in [0.1, 0.15) is 17.9 Å². The maximum Gasteiger partial charge on any atom is 0.411 e. The van der Waals surface area contributed by atoms with Crippen molar-refractivity contribution in [2.45, 2.75) is 51.3 Å². The van der Waals surface area contributed by atoms with E-state index in [1.165, 1.54) is 12.0 Å². The molecule has 102 valence electrons. The van der Waals surface area contributed by atoms with Crippen molar-refractivity contribution in [3.8, 4) is 0 Å². The molecule has 2 atom stereocenters. The summed E-state index contributed by atoms with van der Waals surface area (Å²) >= 11 is 0. The molecule has 0 bridgehead atoms. The molecule has 1 rings (SSSR count). The zero-order valence-electron chi connectivity index (χ0n) is 11.1. The summed E-state index contributed by atoms with van der Waals surface area (Å²) in [6.07, 6.45) is 0.859. The molecule has 0 aromatic carbocycles. The molecule has 1 heterocycles. The maximum atomic E-state index is 12.0. The normalized spacial score (nSPS) is 23.7. The second-order valence-electron chi connectivity index (χ2n) is 5.21. The number of rotatable bonds is 2. The van der Waals surface area contributed by atoms with Crippen LogP contribution in [-0.4, -0.2) is 48.0 Å². The molecule has 1 aliphatic heterocycles. The van der Waals surface area contributed by atoms with Gasteiger partial charge in [0.2, 0.25) is 0 Å². The Kier molecular flexibility index (Phi) is 4.32. The summed E-state index contributed by atoms with van der Waals surface area (Å²) in [6, 6.07) is -1.36. The molecule has 0 aliphatic carbocycles. The van der Waals surface area contributed by atoms with Crippen molar-refractivity contribution in [2.75, 3.05) is 7.11 Å². The van der Waals surface area contributed by atoms with E-state index >= 15 is 0 Å².